The Hall–Kier alpha value is -1.57. The highest BCUT2D eigenvalue weighted by atomic mass is 35.5. The van der Waals surface area contributed by atoms with Gasteiger partial charge in [0.05, 0.1) is 17.1 Å². The predicted molar refractivity (Wildman–Crippen MR) is 125 cm³/mol. The van der Waals surface area contributed by atoms with Crippen LogP contribution in [0.3, 0.4) is 0 Å². The third-order valence-electron chi connectivity index (χ3n) is 4.64. The maximum absolute atomic E-state index is 10.3. The van der Waals surface area contributed by atoms with E-state index in [1.165, 1.54) is 6.07 Å². The summed E-state index contributed by atoms with van der Waals surface area (Å²) in [5.74, 6) is 0.307. The van der Waals surface area contributed by atoms with Crippen LogP contribution in [0.4, 0.5) is 0 Å². The molecule has 0 fully saturated rings. The van der Waals surface area contributed by atoms with Gasteiger partial charge in [0, 0.05) is 32.6 Å². The SMILES string of the molecule is [2H]c1cc(Cl)c(Cl)c(-c2ccn3cc(C(C)(C)O)nc3c2)c1OCOCC[Si](C)(C)C. The maximum Gasteiger partial charge on any atom is 0.189 e. The molecule has 0 bridgehead atoms. The molecule has 0 unspecified atom stereocenters. The summed E-state index contributed by atoms with van der Waals surface area (Å²) in [6, 6.07) is 6.28. The molecule has 0 spiro atoms. The van der Waals surface area contributed by atoms with Crippen molar-refractivity contribution in [1.82, 2.24) is 9.38 Å². The number of hydrogen-bond acceptors (Lipinski definition) is 4. The molecule has 0 saturated heterocycles. The highest BCUT2D eigenvalue weighted by Crippen LogP contribution is 2.41. The fourth-order valence-electron chi connectivity index (χ4n) is 2.83. The van der Waals surface area contributed by atoms with E-state index in [1.54, 1.807) is 20.0 Å². The van der Waals surface area contributed by atoms with Crippen LogP contribution in [-0.2, 0) is 10.3 Å². The van der Waals surface area contributed by atoms with E-state index in [0.717, 1.165) is 6.04 Å². The summed E-state index contributed by atoms with van der Waals surface area (Å²) in [5.41, 5.74) is 1.35. The van der Waals surface area contributed by atoms with Crippen LogP contribution in [0.15, 0.2) is 36.6 Å². The van der Waals surface area contributed by atoms with Gasteiger partial charge in [-0.2, -0.15) is 0 Å². The number of benzene rings is 1. The monoisotopic (exact) mass is 467 g/mol. The molecule has 0 aliphatic carbocycles. The molecule has 0 atom stereocenters. The molecule has 3 rings (SSSR count). The van der Waals surface area contributed by atoms with Crippen molar-refractivity contribution in [2.24, 2.45) is 0 Å². The van der Waals surface area contributed by atoms with E-state index in [0.29, 0.717) is 39.8 Å². The van der Waals surface area contributed by atoms with E-state index in [9.17, 15) is 5.11 Å². The second-order valence-corrected chi connectivity index (χ2v) is 15.4. The largest absolute Gasteiger partial charge is 0.467 e. The Kier molecular flexibility index (Phi) is 6.41. The van der Waals surface area contributed by atoms with E-state index in [4.69, 9.17) is 34.0 Å². The number of halogens is 2. The average molecular weight is 468 g/mol. The lowest BCUT2D eigenvalue weighted by Crippen LogP contribution is -2.22. The van der Waals surface area contributed by atoms with Gasteiger partial charge in [-0.1, -0.05) is 42.8 Å². The second-order valence-electron chi connectivity index (χ2n) is 9.00. The van der Waals surface area contributed by atoms with Crippen molar-refractivity contribution in [1.29, 1.82) is 0 Å². The zero-order valence-corrected chi connectivity index (χ0v) is 20.4. The minimum Gasteiger partial charge on any atom is -0.467 e. The minimum atomic E-state index is -1.20. The molecular formula is C22H28Cl2N2O3Si. The molecule has 0 amide bonds. The zero-order valence-electron chi connectivity index (χ0n) is 18.9. The third-order valence-corrected chi connectivity index (χ3v) is 7.14. The van der Waals surface area contributed by atoms with Crippen molar-refractivity contribution in [2.45, 2.75) is 45.1 Å². The minimum absolute atomic E-state index is 0.0236. The van der Waals surface area contributed by atoms with Crippen molar-refractivity contribution >= 4 is 36.9 Å². The lowest BCUT2D eigenvalue weighted by molar-refractivity contribution is 0.0224. The number of nitrogens with zero attached hydrogens (tertiary/aromatic N) is 2. The first-order valence-electron chi connectivity index (χ1n) is 10.3. The quantitative estimate of drug-likeness (QED) is 0.242. The van der Waals surface area contributed by atoms with Crippen LogP contribution in [0.1, 0.15) is 20.9 Å². The summed E-state index contributed by atoms with van der Waals surface area (Å²) < 4.78 is 21.7. The molecule has 0 saturated carbocycles. The van der Waals surface area contributed by atoms with Crippen molar-refractivity contribution in [3.8, 4) is 16.9 Å². The number of imidazole rings is 1. The van der Waals surface area contributed by atoms with Crippen molar-refractivity contribution in [2.75, 3.05) is 13.4 Å². The van der Waals surface area contributed by atoms with Gasteiger partial charge in [0.1, 0.15) is 17.0 Å². The standard InChI is InChI=1S/C22H28Cl2N2O3Si/c1-22(2,27)18-13-26-9-8-15(12-19(26)25-18)20-17(7-6-16(23)21(20)24)29-14-28-10-11-30(3,4)5/h6-9,12-13,27H,10-11,14H2,1-5H3/i7D. The molecule has 0 aliphatic heterocycles. The van der Waals surface area contributed by atoms with Gasteiger partial charge in [-0.15, -0.1) is 0 Å². The lowest BCUT2D eigenvalue weighted by Gasteiger charge is -2.17. The number of ether oxygens (including phenoxy) is 2. The van der Waals surface area contributed by atoms with Crippen LogP contribution in [0.5, 0.6) is 5.75 Å². The van der Waals surface area contributed by atoms with E-state index < -0.39 is 13.7 Å². The van der Waals surface area contributed by atoms with E-state index >= 15 is 0 Å². The normalized spacial score (nSPS) is 13.0. The first-order valence-corrected chi connectivity index (χ1v) is 14.2. The topological polar surface area (TPSA) is 56.0 Å². The van der Waals surface area contributed by atoms with Gasteiger partial charge in [0.2, 0.25) is 0 Å². The Morgan fingerprint density at radius 1 is 1.27 bits per heavy atom. The maximum atomic E-state index is 10.3. The summed E-state index contributed by atoms with van der Waals surface area (Å²) >= 11 is 12.8. The Morgan fingerprint density at radius 3 is 2.67 bits per heavy atom. The zero-order chi connectivity index (χ0) is 23.0. The van der Waals surface area contributed by atoms with Gasteiger partial charge >= 0.3 is 0 Å². The van der Waals surface area contributed by atoms with Crippen LogP contribution < -0.4 is 4.74 Å². The van der Waals surface area contributed by atoms with Crippen molar-refractivity contribution < 1.29 is 16.0 Å². The van der Waals surface area contributed by atoms with Crippen molar-refractivity contribution in [3.63, 3.8) is 0 Å². The lowest BCUT2D eigenvalue weighted by atomic mass is 10.1. The van der Waals surface area contributed by atoms with Gasteiger partial charge < -0.3 is 19.0 Å². The van der Waals surface area contributed by atoms with Crippen LogP contribution in [0, 0.1) is 0 Å². The summed E-state index contributed by atoms with van der Waals surface area (Å²) in [5, 5.41) is 10.8. The molecule has 30 heavy (non-hydrogen) atoms. The number of aromatic nitrogens is 2. The molecule has 5 nitrogen and oxygen atoms in total. The molecule has 2 heterocycles. The van der Waals surface area contributed by atoms with Gasteiger partial charge in [0.15, 0.2) is 6.79 Å². The number of aliphatic hydroxyl groups is 1. The number of fused-ring (bicyclic) bond motifs is 1. The van der Waals surface area contributed by atoms with Crippen molar-refractivity contribution in [3.05, 3.63) is 52.4 Å². The third kappa shape index (κ3) is 5.56. The summed E-state index contributed by atoms with van der Waals surface area (Å²) in [6.07, 6.45) is 3.60. The van der Waals surface area contributed by atoms with Crippen LogP contribution in [0.25, 0.3) is 16.8 Å². The molecule has 0 radical (unpaired) electrons. The number of rotatable bonds is 8. The van der Waals surface area contributed by atoms with E-state index in [1.807, 2.05) is 22.7 Å². The summed E-state index contributed by atoms with van der Waals surface area (Å²) in [4.78, 5) is 4.51. The van der Waals surface area contributed by atoms with Crippen LogP contribution in [-0.4, -0.2) is 36.0 Å². The first-order chi connectivity index (χ1) is 14.4. The highest BCUT2D eigenvalue weighted by Gasteiger charge is 2.21. The molecular weight excluding hydrogens is 439 g/mol. The molecule has 162 valence electrons. The molecule has 2 aromatic heterocycles. The Bertz CT molecular complexity index is 1090. The van der Waals surface area contributed by atoms with Gasteiger partial charge in [-0.25, -0.2) is 4.98 Å². The highest BCUT2D eigenvalue weighted by molar-refractivity contribution is 6.76. The molecule has 0 aliphatic rings. The van der Waals surface area contributed by atoms with Gasteiger partial charge in [-0.05, 0) is 49.7 Å². The van der Waals surface area contributed by atoms with Crippen LogP contribution >= 0.6 is 23.2 Å². The van der Waals surface area contributed by atoms with Crippen LogP contribution in [0.2, 0.25) is 35.7 Å². The first kappa shape index (κ1) is 21.7. The molecule has 1 aromatic carbocycles. The Balaban J connectivity index is 1.94. The molecule has 3 aromatic rings. The van der Waals surface area contributed by atoms with E-state index in [-0.39, 0.29) is 17.9 Å². The molecule has 1 N–H and O–H groups in total. The smallest absolute Gasteiger partial charge is 0.189 e. The fourth-order valence-corrected chi connectivity index (χ4v) is 3.98. The average Bonchev–Trinajstić information content (AvgIpc) is 3.08. The Labute approximate surface area is 190 Å². The van der Waals surface area contributed by atoms with E-state index in [2.05, 4.69) is 24.6 Å². The van der Waals surface area contributed by atoms with Gasteiger partial charge in [-0.3, -0.25) is 0 Å². The predicted octanol–water partition coefficient (Wildman–Crippen LogP) is 6.23. The fraction of sp³-hybridized carbons (Fsp3) is 0.409. The second kappa shape index (κ2) is 8.89. The van der Waals surface area contributed by atoms with Gasteiger partial charge in [0.25, 0.3) is 0 Å². The number of pyridine rings is 1. The number of hydrogen-bond donors (Lipinski definition) is 1. The Morgan fingerprint density at radius 2 is 2.00 bits per heavy atom. The summed E-state index contributed by atoms with van der Waals surface area (Å²) in [7, 11) is -1.20. The molecule has 8 heteroatoms. The summed E-state index contributed by atoms with van der Waals surface area (Å²) in [6.45, 7) is 10.9.